The highest BCUT2D eigenvalue weighted by Crippen LogP contribution is 2.20. The number of nitrogens with two attached hydrogens (primary N) is 1. The van der Waals surface area contributed by atoms with E-state index >= 15 is 0 Å². The Kier molecular flexibility index (Phi) is 9.44. The lowest BCUT2D eigenvalue weighted by atomic mass is 10.2. The number of hydrogen-bond donors (Lipinski definition) is 4. The first kappa shape index (κ1) is 21.7. The van der Waals surface area contributed by atoms with Gasteiger partial charge in [0.1, 0.15) is 11.5 Å². The maximum Gasteiger partial charge on any atom is 0.348 e. The first-order chi connectivity index (χ1) is 12.5. The van der Waals surface area contributed by atoms with Crippen LogP contribution in [0.1, 0.15) is 46.7 Å². The maximum atomic E-state index is 11.6. The summed E-state index contributed by atoms with van der Waals surface area (Å²) in [5.74, 6) is 1.44. The van der Waals surface area contributed by atoms with E-state index in [-0.39, 0.29) is 5.69 Å². The normalized spacial score (nSPS) is 12.3. The molecule has 0 saturated heterocycles. The standard InChI is InChI=1S/C14H17N5O.C4H10.C2H6/c15-6-5-10-7-11-12(16-8-9-3-1-2-4-9)18-14(20)19-13(11)17-10;1-4(2)3;1-2/h1-3,7H,4-6,8,15H2,(H3,16,17,18,19,20);4H,1-3H3;1-2H3. The zero-order chi connectivity index (χ0) is 19.5. The third-order valence-corrected chi connectivity index (χ3v) is 3.32. The number of fused-ring (bicyclic) bond motifs is 1. The van der Waals surface area contributed by atoms with Crippen molar-refractivity contribution < 1.29 is 0 Å². The second kappa shape index (κ2) is 11.3. The smallest absolute Gasteiger partial charge is 0.348 e. The van der Waals surface area contributed by atoms with E-state index in [2.05, 4.69) is 53.2 Å². The van der Waals surface area contributed by atoms with Crippen molar-refractivity contribution in [1.29, 1.82) is 0 Å². The Bertz CT molecular complexity index is 780. The summed E-state index contributed by atoms with van der Waals surface area (Å²) in [5.41, 5.74) is 8.15. The molecule has 0 atom stereocenters. The van der Waals surface area contributed by atoms with Crippen molar-refractivity contribution in [2.75, 3.05) is 18.4 Å². The molecule has 2 heterocycles. The summed E-state index contributed by atoms with van der Waals surface area (Å²) in [6.45, 7) is 11.8. The molecule has 3 rings (SSSR count). The number of aromatic amines is 2. The van der Waals surface area contributed by atoms with Gasteiger partial charge >= 0.3 is 5.69 Å². The van der Waals surface area contributed by atoms with Crippen LogP contribution in [0.5, 0.6) is 0 Å². The molecule has 1 aliphatic carbocycles. The highest BCUT2D eigenvalue weighted by atomic mass is 16.1. The Balaban J connectivity index is 0.000000500. The van der Waals surface area contributed by atoms with Crippen LogP contribution >= 0.6 is 0 Å². The molecular weight excluding hydrogens is 326 g/mol. The molecule has 5 N–H and O–H groups in total. The Morgan fingerprint density at radius 3 is 2.54 bits per heavy atom. The van der Waals surface area contributed by atoms with Crippen LogP contribution in [0.4, 0.5) is 5.82 Å². The molecular formula is C20H33N5O. The fourth-order valence-electron chi connectivity index (χ4n) is 2.34. The summed E-state index contributed by atoms with van der Waals surface area (Å²) in [5, 5.41) is 4.12. The van der Waals surface area contributed by atoms with E-state index in [9.17, 15) is 4.79 Å². The van der Waals surface area contributed by atoms with Crippen molar-refractivity contribution in [3.63, 3.8) is 0 Å². The number of rotatable bonds is 5. The van der Waals surface area contributed by atoms with Crippen LogP contribution in [0.15, 0.2) is 34.7 Å². The van der Waals surface area contributed by atoms with E-state index in [0.29, 0.717) is 24.6 Å². The molecule has 0 aliphatic heterocycles. The predicted molar refractivity (Wildman–Crippen MR) is 112 cm³/mol. The van der Waals surface area contributed by atoms with Crippen LogP contribution in [0.3, 0.4) is 0 Å². The van der Waals surface area contributed by atoms with Gasteiger partial charge in [0.05, 0.1) is 5.39 Å². The number of nitrogens with zero attached hydrogens (tertiary/aromatic N) is 1. The van der Waals surface area contributed by atoms with Gasteiger partial charge in [0, 0.05) is 12.2 Å². The van der Waals surface area contributed by atoms with E-state index < -0.39 is 0 Å². The second-order valence-corrected chi connectivity index (χ2v) is 6.56. The molecule has 6 nitrogen and oxygen atoms in total. The Hall–Kier alpha value is -2.34. The van der Waals surface area contributed by atoms with E-state index in [1.165, 1.54) is 5.57 Å². The molecule has 26 heavy (non-hydrogen) atoms. The van der Waals surface area contributed by atoms with Crippen LogP contribution in [0.25, 0.3) is 11.0 Å². The molecule has 6 heteroatoms. The van der Waals surface area contributed by atoms with Gasteiger partial charge in [-0.25, -0.2) is 4.79 Å². The van der Waals surface area contributed by atoms with E-state index in [1.807, 2.05) is 26.0 Å². The summed E-state index contributed by atoms with van der Waals surface area (Å²) < 4.78 is 0. The van der Waals surface area contributed by atoms with Crippen LogP contribution in [0.2, 0.25) is 0 Å². The van der Waals surface area contributed by atoms with Gasteiger partial charge in [-0.3, -0.25) is 4.98 Å². The van der Waals surface area contributed by atoms with Gasteiger partial charge in [-0.1, -0.05) is 52.8 Å². The summed E-state index contributed by atoms with van der Waals surface area (Å²) >= 11 is 0. The fourth-order valence-corrected chi connectivity index (χ4v) is 2.34. The van der Waals surface area contributed by atoms with Gasteiger partial charge in [-0.15, -0.1) is 0 Å². The van der Waals surface area contributed by atoms with Crippen LogP contribution < -0.4 is 16.7 Å². The van der Waals surface area contributed by atoms with Gasteiger partial charge < -0.3 is 16.0 Å². The van der Waals surface area contributed by atoms with Gasteiger partial charge in [0.15, 0.2) is 0 Å². The number of anilines is 1. The zero-order valence-electron chi connectivity index (χ0n) is 16.6. The van der Waals surface area contributed by atoms with Crippen molar-refractivity contribution in [3.8, 4) is 0 Å². The molecule has 2 aromatic heterocycles. The van der Waals surface area contributed by atoms with Crippen LogP contribution in [-0.2, 0) is 6.42 Å². The summed E-state index contributed by atoms with van der Waals surface area (Å²) in [6.07, 6.45) is 7.91. The van der Waals surface area contributed by atoms with Crippen LogP contribution in [-0.4, -0.2) is 28.0 Å². The third kappa shape index (κ3) is 6.88. The molecule has 0 aromatic carbocycles. The highest BCUT2D eigenvalue weighted by Gasteiger charge is 2.09. The van der Waals surface area contributed by atoms with Crippen molar-refractivity contribution in [2.24, 2.45) is 11.7 Å². The largest absolute Gasteiger partial charge is 0.366 e. The van der Waals surface area contributed by atoms with Crippen molar-refractivity contribution >= 4 is 16.9 Å². The minimum absolute atomic E-state index is 0.361. The molecule has 0 fully saturated rings. The van der Waals surface area contributed by atoms with Gasteiger partial charge in [0.25, 0.3) is 0 Å². The number of H-pyrrole nitrogens is 2. The molecule has 0 amide bonds. The first-order valence-electron chi connectivity index (χ1n) is 9.40. The number of hydrogen-bond acceptors (Lipinski definition) is 4. The Morgan fingerprint density at radius 1 is 1.27 bits per heavy atom. The van der Waals surface area contributed by atoms with Crippen molar-refractivity contribution in [2.45, 2.75) is 47.5 Å². The monoisotopic (exact) mass is 359 g/mol. The first-order valence-corrected chi connectivity index (χ1v) is 9.40. The topological polar surface area (TPSA) is 99.6 Å². The minimum atomic E-state index is -0.361. The van der Waals surface area contributed by atoms with Gasteiger partial charge in [-0.2, -0.15) is 4.98 Å². The summed E-state index contributed by atoms with van der Waals surface area (Å²) in [6, 6.07) is 1.98. The van der Waals surface area contributed by atoms with Crippen molar-refractivity contribution in [1.82, 2.24) is 15.0 Å². The SMILES string of the molecule is CC.CC(C)C.NCCc1cc2c(NCC3=CC=CC3)nc(=O)[nH]c2[nH]1. The lowest BCUT2D eigenvalue weighted by molar-refractivity contribution is 0.737. The molecule has 2 aromatic rings. The average Bonchev–Trinajstić information content (AvgIpc) is 3.23. The second-order valence-electron chi connectivity index (χ2n) is 6.56. The highest BCUT2D eigenvalue weighted by molar-refractivity contribution is 5.87. The molecule has 0 radical (unpaired) electrons. The molecule has 0 unspecified atom stereocenters. The minimum Gasteiger partial charge on any atom is -0.366 e. The molecule has 144 valence electrons. The lowest BCUT2D eigenvalue weighted by Gasteiger charge is -2.06. The van der Waals surface area contributed by atoms with Crippen LogP contribution in [0, 0.1) is 5.92 Å². The number of allylic oxidation sites excluding steroid dienone is 3. The van der Waals surface area contributed by atoms with Gasteiger partial charge in [-0.05, 0) is 36.9 Å². The summed E-state index contributed by atoms with van der Waals surface area (Å²) in [4.78, 5) is 21.5. The number of nitrogens with one attached hydrogen (secondary N) is 3. The van der Waals surface area contributed by atoms with E-state index in [0.717, 1.165) is 29.8 Å². The quantitative estimate of drug-likeness (QED) is 0.653. The average molecular weight is 360 g/mol. The zero-order valence-corrected chi connectivity index (χ0v) is 16.6. The molecule has 0 saturated carbocycles. The predicted octanol–water partition coefficient (Wildman–Crippen LogP) is 3.74. The summed E-state index contributed by atoms with van der Waals surface area (Å²) in [7, 11) is 0. The molecule has 0 spiro atoms. The fraction of sp³-hybridized carbons (Fsp3) is 0.500. The Labute approximate surface area is 156 Å². The lowest BCUT2D eigenvalue weighted by Crippen LogP contribution is -2.15. The van der Waals surface area contributed by atoms with E-state index in [1.54, 1.807) is 0 Å². The number of aromatic nitrogens is 3. The molecule has 1 aliphatic rings. The third-order valence-electron chi connectivity index (χ3n) is 3.32. The van der Waals surface area contributed by atoms with E-state index in [4.69, 9.17) is 5.73 Å². The Morgan fingerprint density at radius 2 is 1.96 bits per heavy atom. The van der Waals surface area contributed by atoms with Crippen molar-refractivity contribution in [3.05, 3.63) is 46.0 Å². The maximum absolute atomic E-state index is 11.6. The molecule has 0 bridgehead atoms. The van der Waals surface area contributed by atoms with Gasteiger partial charge in [0.2, 0.25) is 0 Å².